The summed E-state index contributed by atoms with van der Waals surface area (Å²) in [4.78, 5) is 14.4. The van der Waals surface area contributed by atoms with Crippen LogP contribution in [0.3, 0.4) is 0 Å². The third-order valence-corrected chi connectivity index (χ3v) is 4.32. The third kappa shape index (κ3) is 1.64. The van der Waals surface area contributed by atoms with Crippen molar-refractivity contribution in [1.29, 1.82) is 0 Å². The van der Waals surface area contributed by atoms with Gasteiger partial charge in [-0.05, 0) is 45.1 Å². The van der Waals surface area contributed by atoms with Gasteiger partial charge >= 0.3 is 0 Å². The number of aliphatic hydroxyl groups excluding tert-OH is 1. The average molecular weight is 224 g/mol. The average Bonchev–Trinajstić information content (AvgIpc) is 2.85. The molecule has 3 heterocycles. The van der Waals surface area contributed by atoms with Gasteiger partial charge in [0.05, 0.1) is 12.1 Å². The predicted octanol–water partition coefficient (Wildman–Crippen LogP) is 0.253. The second-order valence-electron chi connectivity index (χ2n) is 5.40. The molecule has 0 saturated carbocycles. The molecule has 3 fully saturated rings. The Bertz CT molecular complexity index is 275. The van der Waals surface area contributed by atoms with Gasteiger partial charge in [0, 0.05) is 12.1 Å². The molecule has 0 aromatic heterocycles. The highest BCUT2D eigenvalue weighted by Crippen LogP contribution is 2.36. The smallest absolute Gasteiger partial charge is 0.240 e. The van der Waals surface area contributed by atoms with Crippen LogP contribution >= 0.6 is 0 Å². The first-order valence-electron chi connectivity index (χ1n) is 6.49. The van der Waals surface area contributed by atoms with Crippen molar-refractivity contribution < 1.29 is 9.90 Å². The Morgan fingerprint density at radius 2 is 1.88 bits per heavy atom. The van der Waals surface area contributed by atoms with E-state index in [1.165, 1.54) is 0 Å². The van der Waals surface area contributed by atoms with E-state index in [2.05, 4.69) is 10.2 Å². The molecule has 3 unspecified atom stereocenters. The van der Waals surface area contributed by atoms with E-state index < -0.39 is 0 Å². The lowest BCUT2D eigenvalue weighted by molar-refractivity contribution is -0.139. The van der Waals surface area contributed by atoms with Gasteiger partial charge in [-0.25, -0.2) is 0 Å². The number of hydrogen-bond donors (Lipinski definition) is 2. The van der Waals surface area contributed by atoms with Gasteiger partial charge in [-0.1, -0.05) is 0 Å². The fraction of sp³-hybridized carbons (Fsp3) is 0.917. The molecule has 90 valence electrons. The number of hydrogen-bond acceptors (Lipinski definition) is 3. The first kappa shape index (κ1) is 10.5. The lowest BCUT2D eigenvalue weighted by Crippen LogP contribution is -2.53. The number of nitrogens with one attached hydrogen (secondary N) is 1. The molecule has 2 N–H and O–H groups in total. The number of amides is 1. The zero-order valence-electron chi connectivity index (χ0n) is 9.56. The van der Waals surface area contributed by atoms with Crippen LogP contribution in [0.2, 0.25) is 0 Å². The van der Waals surface area contributed by atoms with Crippen molar-refractivity contribution in [2.24, 2.45) is 0 Å². The molecule has 4 heteroatoms. The van der Waals surface area contributed by atoms with Crippen LogP contribution in [0.5, 0.6) is 0 Å². The normalized spacial score (nSPS) is 42.7. The first-order valence-corrected chi connectivity index (χ1v) is 6.49. The molecule has 0 aliphatic carbocycles. The molecule has 16 heavy (non-hydrogen) atoms. The van der Waals surface area contributed by atoms with Crippen molar-refractivity contribution in [1.82, 2.24) is 10.2 Å². The van der Waals surface area contributed by atoms with Crippen LogP contribution in [0.15, 0.2) is 0 Å². The summed E-state index contributed by atoms with van der Waals surface area (Å²) in [6.07, 6.45) is 5.65. The lowest BCUT2D eigenvalue weighted by Gasteiger charge is -2.38. The zero-order valence-corrected chi connectivity index (χ0v) is 9.56. The van der Waals surface area contributed by atoms with E-state index >= 15 is 0 Å². The maximum Gasteiger partial charge on any atom is 0.240 e. The van der Waals surface area contributed by atoms with E-state index in [1.54, 1.807) is 0 Å². The largest absolute Gasteiger partial charge is 0.393 e. The molecule has 3 rings (SSSR count). The summed E-state index contributed by atoms with van der Waals surface area (Å²) in [6.45, 7) is 0.974. The highest BCUT2D eigenvalue weighted by Gasteiger charge is 2.44. The van der Waals surface area contributed by atoms with E-state index in [0.717, 1.165) is 45.1 Å². The Kier molecular flexibility index (Phi) is 2.64. The zero-order chi connectivity index (χ0) is 11.1. The summed E-state index contributed by atoms with van der Waals surface area (Å²) < 4.78 is 0. The topological polar surface area (TPSA) is 52.6 Å². The number of carbonyl (C=O) groups excluding carboxylic acids is 1. The van der Waals surface area contributed by atoms with Gasteiger partial charge in [0.1, 0.15) is 0 Å². The van der Waals surface area contributed by atoms with E-state index in [4.69, 9.17) is 0 Å². The Balaban J connectivity index is 1.72. The van der Waals surface area contributed by atoms with Crippen LogP contribution in [0, 0.1) is 0 Å². The van der Waals surface area contributed by atoms with Crippen molar-refractivity contribution >= 4 is 5.91 Å². The molecule has 2 bridgehead atoms. The van der Waals surface area contributed by atoms with Crippen LogP contribution < -0.4 is 5.32 Å². The molecule has 3 atom stereocenters. The summed E-state index contributed by atoms with van der Waals surface area (Å²) >= 11 is 0. The number of fused-ring (bicyclic) bond motifs is 2. The van der Waals surface area contributed by atoms with Crippen LogP contribution in [0.4, 0.5) is 0 Å². The van der Waals surface area contributed by atoms with E-state index in [0.29, 0.717) is 12.1 Å². The third-order valence-electron chi connectivity index (χ3n) is 4.32. The SMILES string of the molecule is O=C(C1CCCN1)N1C2CCC1CC(O)C2. The highest BCUT2D eigenvalue weighted by molar-refractivity contribution is 5.83. The monoisotopic (exact) mass is 224 g/mol. The summed E-state index contributed by atoms with van der Waals surface area (Å²) in [6, 6.07) is 0.672. The maximum atomic E-state index is 12.3. The Morgan fingerprint density at radius 3 is 2.44 bits per heavy atom. The number of rotatable bonds is 1. The molecule has 4 nitrogen and oxygen atoms in total. The minimum absolute atomic E-state index is 0.0540. The molecule has 0 radical (unpaired) electrons. The summed E-state index contributed by atoms with van der Waals surface area (Å²) in [5, 5.41) is 13.0. The first-order chi connectivity index (χ1) is 7.75. The Morgan fingerprint density at radius 1 is 1.19 bits per heavy atom. The van der Waals surface area contributed by atoms with Gasteiger partial charge in [0.15, 0.2) is 0 Å². The summed E-state index contributed by atoms with van der Waals surface area (Å²) in [5.74, 6) is 0.289. The summed E-state index contributed by atoms with van der Waals surface area (Å²) in [5.41, 5.74) is 0. The number of piperidine rings is 1. The van der Waals surface area contributed by atoms with E-state index in [1.807, 2.05) is 0 Å². The Hall–Kier alpha value is -0.610. The standard InChI is InChI=1S/C12H20N2O2/c15-10-6-8-3-4-9(7-10)14(8)12(16)11-2-1-5-13-11/h8-11,13,15H,1-7H2. The molecule has 1 amide bonds. The van der Waals surface area contributed by atoms with Gasteiger partial charge in [-0.3, -0.25) is 4.79 Å². The van der Waals surface area contributed by atoms with Crippen molar-refractivity contribution in [2.75, 3.05) is 6.54 Å². The second kappa shape index (κ2) is 4.00. The highest BCUT2D eigenvalue weighted by atomic mass is 16.3. The lowest BCUT2D eigenvalue weighted by atomic mass is 9.98. The molecule has 3 saturated heterocycles. The minimum Gasteiger partial charge on any atom is -0.393 e. The van der Waals surface area contributed by atoms with Gasteiger partial charge < -0.3 is 15.3 Å². The van der Waals surface area contributed by atoms with Gasteiger partial charge in [0.2, 0.25) is 5.91 Å². The molecule has 3 aliphatic heterocycles. The quantitative estimate of drug-likeness (QED) is 0.671. The molecule has 3 aliphatic rings. The predicted molar refractivity (Wildman–Crippen MR) is 59.9 cm³/mol. The second-order valence-corrected chi connectivity index (χ2v) is 5.40. The number of aliphatic hydroxyl groups is 1. The van der Waals surface area contributed by atoms with Gasteiger partial charge in [-0.2, -0.15) is 0 Å². The van der Waals surface area contributed by atoms with Crippen molar-refractivity contribution in [3.05, 3.63) is 0 Å². The summed E-state index contributed by atoms with van der Waals surface area (Å²) in [7, 11) is 0. The van der Waals surface area contributed by atoms with Crippen molar-refractivity contribution in [2.45, 2.75) is 62.8 Å². The van der Waals surface area contributed by atoms with Gasteiger partial charge in [0.25, 0.3) is 0 Å². The van der Waals surface area contributed by atoms with Crippen LogP contribution in [-0.2, 0) is 4.79 Å². The fourth-order valence-corrected chi connectivity index (χ4v) is 3.58. The van der Waals surface area contributed by atoms with E-state index in [9.17, 15) is 9.90 Å². The van der Waals surface area contributed by atoms with Crippen LogP contribution in [0.1, 0.15) is 38.5 Å². The molecular formula is C12H20N2O2. The van der Waals surface area contributed by atoms with Crippen LogP contribution in [0.25, 0.3) is 0 Å². The number of carbonyl (C=O) groups is 1. The van der Waals surface area contributed by atoms with Crippen molar-refractivity contribution in [3.63, 3.8) is 0 Å². The Labute approximate surface area is 96.0 Å². The van der Waals surface area contributed by atoms with Crippen LogP contribution in [-0.4, -0.2) is 46.7 Å². The maximum absolute atomic E-state index is 12.3. The van der Waals surface area contributed by atoms with E-state index in [-0.39, 0.29) is 18.1 Å². The fourth-order valence-electron chi connectivity index (χ4n) is 3.58. The minimum atomic E-state index is -0.182. The molecule has 0 aromatic rings. The molecule has 0 aromatic carbocycles. The molecular weight excluding hydrogens is 204 g/mol. The van der Waals surface area contributed by atoms with Crippen molar-refractivity contribution in [3.8, 4) is 0 Å². The molecule has 0 spiro atoms. The van der Waals surface area contributed by atoms with Gasteiger partial charge in [-0.15, -0.1) is 0 Å². The number of nitrogens with zero attached hydrogens (tertiary/aromatic N) is 1.